The number of hydrogen-bond acceptors (Lipinski definition) is 8. The van der Waals surface area contributed by atoms with Crippen LogP contribution in [-0.4, -0.2) is 77.2 Å². The number of aromatic nitrogens is 4. The van der Waals surface area contributed by atoms with E-state index < -0.39 is 11.8 Å². The topological polar surface area (TPSA) is 128 Å². The van der Waals surface area contributed by atoms with E-state index in [-0.39, 0.29) is 11.4 Å². The van der Waals surface area contributed by atoms with Crippen molar-refractivity contribution < 1.29 is 14.3 Å². The molecule has 1 fully saturated rings. The molecule has 32 heavy (non-hydrogen) atoms. The van der Waals surface area contributed by atoms with E-state index in [1.807, 2.05) is 6.07 Å². The maximum absolute atomic E-state index is 12.7. The summed E-state index contributed by atoms with van der Waals surface area (Å²) >= 11 is 0. The highest BCUT2D eigenvalue weighted by Crippen LogP contribution is 2.19. The van der Waals surface area contributed by atoms with Gasteiger partial charge in [-0.15, -0.1) is 0 Å². The number of carbonyl (C=O) groups excluding carboxylic acids is 2. The number of nitrogens with one attached hydrogen (secondary N) is 3. The molecule has 166 valence electrons. The van der Waals surface area contributed by atoms with Crippen molar-refractivity contribution in [2.24, 2.45) is 0 Å². The number of piperazine rings is 1. The molecule has 2 amide bonds. The SMILES string of the molecule is COc1cncc(C(=O)Nc2c[nH]nc2C(=O)Nc2ccc(N3CCN(C)CC3)nc2)c1. The molecule has 0 aromatic carbocycles. The van der Waals surface area contributed by atoms with Crippen LogP contribution in [0.4, 0.5) is 17.2 Å². The molecule has 1 aliphatic heterocycles. The smallest absolute Gasteiger partial charge is 0.278 e. The van der Waals surface area contributed by atoms with Crippen LogP contribution < -0.4 is 20.3 Å². The van der Waals surface area contributed by atoms with E-state index in [9.17, 15) is 9.59 Å². The Morgan fingerprint density at radius 3 is 2.59 bits per heavy atom. The molecule has 3 N–H and O–H groups in total. The Morgan fingerprint density at radius 2 is 1.88 bits per heavy atom. The number of anilines is 3. The summed E-state index contributed by atoms with van der Waals surface area (Å²) in [7, 11) is 3.59. The van der Waals surface area contributed by atoms with Crippen molar-refractivity contribution in [3.8, 4) is 5.75 Å². The van der Waals surface area contributed by atoms with Gasteiger partial charge in [0.1, 0.15) is 11.6 Å². The predicted molar refractivity (Wildman–Crippen MR) is 119 cm³/mol. The summed E-state index contributed by atoms with van der Waals surface area (Å²) in [6, 6.07) is 5.23. The number of methoxy groups -OCH3 is 1. The van der Waals surface area contributed by atoms with Gasteiger partial charge in [-0.25, -0.2) is 4.98 Å². The largest absolute Gasteiger partial charge is 0.495 e. The Hall–Kier alpha value is -3.99. The van der Waals surface area contributed by atoms with Crippen LogP contribution in [0.1, 0.15) is 20.8 Å². The highest BCUT2D eigenvalue weighted by Gasteiger charge is 2.19. The molecule has 3 aromatic rings. The summed E-state index contributed by atoms with van der Waals surface area (Å²) in [6.45, 7) is 3.79. The number of H-pyrrole nitrogens is 1. The van der Waals surface area contributed by atoms with Crippen molar-refractivity contribution in [2.45, 2.75) is 0 Å². The molecule has 1 aliphatic rings. The standard InChI is InChI=1S/C21H24N8O3/c1-28-5-7-29(8-6-28)18-4-3-15(11-23-18)25-21(31)19-17(13-24-27-19)26-20(30)14-9-16(32-2)12-22-10-14/h3-4,9-13H,5-8H2,1-2H3,(H,24,27)(H,25,31)(H,26,30). The fraction of sp³-hybridized carbons (Fsp3) is 0.286. The molecule has 0 spiro atoms. The van der Waals surface area contributed by atoms with Gasteiger partial charge in [0.05, 0.1) is 36.4 Å². The molecule has 4 heterocycles. The van der Waals surface area contributed by atoms with Gasteiger partial charge < -0.3 is 25.2 Å². The van der Waals surface area contributed by atoms with Crippen LogP contribution in [-0.2, 0) is 0 Å². The van der Waals surface area contributed by atoms with Crippen molar-refractivity contribution in [3.63, 3.8) is 0 Å². The van der Waals surface area contributed by atoms with E-state index >= 15 is 0 Å². The third-order valence-corrected chi connectivity index (χ3v) is 5.15. The zero-order chi connectivity index (χ0) is 22.5. The van der Waals surface area contributed by atoms with E-state index in [0.717, 1.165) is 32.0 Å². The van der Waals surface area contributed by atoms with Crippen molar-refractivity contribution in [1.29, 1.82) is 0 Å². The van der Waals surface area contributed by atoms with Gasteiger partial charge in [-0.1, -0.05) is 0 Å². The number of hydrogen-bond donors (Lipinski definition) is 3. The Balaban J connectivity index is 1.40. The number of aromatic amines is 1. The van der Waals surface area contributed by atoms with Crippen LogP contribution in [0, 0.1) is 0 Å². The van der Waals surface area contributed by atoms with Gasteiger partial charge in [0.2, 0.25) is 0 Å². The lowest BCUT2D eigenvalue weighted by Gasteiger charge is -2.33. The number of amides is 2. The molecule has 11 nitrogen and oxygen atoms in total. The molecule has 0 bridgehead atoms. The molecule has 0 aliphatic carbocycles. The van der Waals surface area contributed by atoms with Gasteiger partial charge in [0.25, 0.3) is 11.8 Å². The van der Waals surface area contributed by atoms with Crippen molar-refractivity contribution in [2.75, 3.05) is 55.9 Å². The second kappa shape index (κ2) is 9.43. The lowest BCUT2D eigenvalue weighted by atomic mass is 10.2. The maximum atomic E-state index is 12.7. The van der Waals surface area contributed by atoms with Crippen LogP contribution in [0.5, 0.6) is 5.75 Å². The number of nitrogens with zero attached hydrogens (tertiary/aromatic N) is 5. The molecule has 1 saturated heterocycles. The van der Waals surface area contributed by atoms with Crippen LogP contribution in [0.15, 0.2) is 43.0 Å². The highest BCUT2D eigenvalue weighted by atomic mass is 16.5. The normalized spacial score (nSPS) is 14.1. The van der Waals surface area contributed by atoms with Crippen LogP contribution in [0.3, 0.4) is 0 Å². The third kappa shape index (κ3) is 4.83. The molecule has 0 atom stereocenters. The van der Waals surface area contributed by atoms with Crippen molar-refractivity contribution in [1.82, 2.24) is 25.1 Å². The minimum absolute atomic E-state index is 0.0531. The summed E-state index contributed by atoms with van der Waals surface area (Å²) in [6.07, 6.45) is 5.95. The average Bonchev–Trinajstić information content (AvgIpc) is 3.28. The first kappa shape index (κ1) is 21.2. The van der Waals surface area contributed by atoms with E-state index in [1.165, 1.54) is 25.7 Å². The van der Waals surface area contributed by atoms with Gasteiger partial charge in [-0.3, -0.25) is 19.7 Å². The molecule has 0 unspecified atom stereocenters. The molecule has 11 heteroatoms. The molecule has 4 rings (SSSR count). The summed E-state index contributed by atoms with van der Waals surface area (Å²) in [5, 5.41) is 12.0. The van der Waals surface area contributed by atoms with Crippen LogP contribution in [0.2, 0.25) is 0 Å². The lowest BCUT2D eigenvalue weighted by Crippen LogP contribution is -2.44. The Kier molecular flexibility index (Phi) is 6.26. The monoisotopic (exact) mass is 436 g/mol. The number of pyridine rings is 2. The Labute approximate surface area is 184 Å². The second-order valence-electron chi connectivity index (χ2n) is 7.36. The zero-order valence-electron chi connectivity index (χ0n) is 17.8. The van der Waals surface area contributed by atoms with E-state index in [2.05, 4.69) is 47.6 Å². The van der Waals surface area contributed by atoms with Gasteiger partial charge in [-0.2, -0.15) is 5.10 Å². The van der Waals surface area contributed by atoms with Gasteiger partial charge >= 0.3 is 0 Å². The van der Waals surface area contributed by atoms with Gasteiger partial charge in [-0.05, 0) is 25.2 Å². The first-order valence-electron chi connectivity index (χ1n) is 10.1. The fourth-order valence-corrected chi connectivity index (χ4v) is 3.28. The Bertz CT molecular complexity index is 1090. The minimum atomic E-state index is -0.473. The van der Waals surface area contributed by atoms with Crippen molar-refractivity contribution in [3.05, 3.63) is 54.2 Å². The molecule has 0 radical (unpaired) electrons. The number of likely N-dealkylation sites (N-methyl/N-ethyl adjacent to an activating group) is 1. The predicted octanol–water partition coefficient (Wildman–Crippen LogP) is 1.46. The summed E-state index contributed by atoms with van der Waals surface area (Å²) < 4.78 is 5.08. The summed E-state index contributed by atoms with van der Waals surface area (Å²) in [5.41, 5.74) is 1.13. The van der Waals surface area contributed by atoms with E-state index in [4.69, 9.17) is 4.74 Å². The fourth-order valence-electron chi connectivity index (χ4n) is 3.28. The highest BCUT2D eigenvalue weighted by molar-refractivity contribution is 6.11. The summed E-state index contributed by atoms with van der Waals surface area (Å²) in [5.74, 6) is 0.413. The van der Waals surface area contributed by atoms with Crippen LogP contribution in [0.25, 0.3) is 0 Å². The molecular formula is C21H24N8O3. The van der Waals surface area contributed by atoms with E-state index in [1.54, 1.807) is 18.3 Å². The Morgan fingerprint density at radius 1 is 1.06 bits per heavy atom. The average molecular weight is 436 g/mol. The quantitative estimate of drug-likeness (QED) is 0.530. The minimum Gasteiger partial charge on any atom is -0.495 e. The van der Waals surface area contributed by atoms with E-state index in [0.29, 0.717) is 17.0 Å². The summed E-state index contributed by atoms with van der Waals surface area (Å²) in [4.78, 5) is 38.1. The molecule has 3 aromatic heterocycles. The third-order valence-electron chi connectivity index (χ3n) is 5.15. The zero-order valence-corrected chi connectivity index (χ0v) is 17.8. The number of rotatable bonds is 6. The van der Waals surface area contributed by atoms with Gasteiger partial charge in [0.15, 0.2) is 5.69 Å². The van der Waals surface area contributed by atoms with Gasteiger partial charge in [0, 0.05) is 38.6 Å². The van der Waals surface area contributed by atoms with Crippen molar-refractivity contribution >= 4 is 29.0 Å². The lowest BCUT2D eigenvalue weighted by molar-refractivity contribution is 0.102. The molecule has 0 saturated carbocycles. The second-order valence-corrected chi connectivity index (χ2v) is 7.36. The first-order valence-corrected chi connectivity index (χ1v) is 10.1. The number of carbonyl (C=O) groups is 2. The van der Waals surface area contributed by atoms with Crippen LogP contribution >= 0.6 is 0 Å². The molecular weight excluding hydrogens is 412 g/mol. The maximum Gasteiger partial charge on any atom is 0.278 e. The first-order chi connectivity index (χ1) is 15.5. The number of ether oxygens (including phenoxy) is 1.